The summed E-state index contributed by atoms with van der Waals surface area (Å²) < 4.78 is 32.7. The number of hydrogen-bond acceptors (Lipinski definition) is 5. The summed E-state index contributed by atoms with van der Waals surface area (Å²) in [5.74, 6) is 0.334. The number of amides is 1. The summed E-state index contributed by atoms with van der Waals surface area (Å²) in [6.07, 6.45) is 2.36. The van der Waals surface area contributed by atoms with Crippen LogP contribution in [0.15, 0.2) is 46.0 Å². The number of nitrogens with one attached hydrogen (secondary N) is 1. The Balaban J connectivity index is 1.46. The lowest BCUT2D eigenvalue weighted by molar-refractivity contribution is -0.126. The van der Waals surface area contributed by atoms with Gasteiger partial charge in [0.05, 0.1) is 12.5 Å². The Morgan fingerprint density at radius 2 is 2.07 bits per heavy atom. The monoisotopic (exact) mass is 422 g/mol. The number of aryl methyl sites for hydroxylation is 1. The van der Waals surface area contributed by atoms with Gasteiger partial charge < -0.3 is 10.1 Å². The van der Waals surface area contributed by atoms with E-state index in [9.17, 15) is 13.2 Å². The highest BCUT2D eigenvalue weighted by molar-refractivity contribution is 7.91. The van der Waals surface area contributed by atoms with Crippen LogP contribution in [0.1, 0.15) is 25.3 Å². The van der Waals surface area contributed by atoms with E-state index in [2.05, 4.69) is 12.2 Å². The molecule has 0 unspecified atom stereocenters. The van der Waals surface area contributed by atoms with Crippen LogP contribution >= 0.6 is 11.3 Å². The van der Waals surface area contributed by atoms with E-state index in [0.717, 1.165) is 12.2 Å². The van der Waals surface area contributed by atoms with E-state index >= 15 is 0 Å². The molecule has 1 saturated heterocycles. The van der Waals surface area contributed by atoms with Crippen LogP contribution in [-0.2, 0) is 21.2 Å². The maximum absolute atomic E-state index is 12.7. The fraction of sp³-hybridized carbons (Fsp3) is 0.450. The van der Waals surface area contributed by atoms with Crippen LogP contribution in [0.4, 0.5) is 0 Å². The molecule has 3 rings (SSSR count). The first-order valence-electron chi connectivity index (χ1n) is 9.54. The second-order valence-corrected chi connectivity index (χ2v) is 9.88. The molecule has 28 heavy (non-hydrogen) atoms. The number of carbonyl (C=O) groups excluding carboxylic acids is 1. The van der Waals surface area contributed by atoms with Crippen LogP contribution in [0.25, 0.3) is 0 Å². The predicted octanol–water partition coefficient (Wildman–Crippen LogP) is 2.91. The second-order valence-electron chi connectivity index (χ2n) is 6.77. The van der Waals surface area contributed by atoms with E-state index in [1.807, 2.05) is 24.3 Å². The number of carbonyl (C=O) groups is 1. The van der Waals surface area contributed by atoms with Gasteiger partial charge in [0.2, 0.25) is 5.91 Å². The summed E-state index contributed by atoms with van der Waals surface area (Å²) in [5, 5.41) is 4.62. The van der Waals surface area contributed by atoms with Crippen molar-refractivity contribution in [2.45, 2.75) is 30.4 Å². The highest BCUT2D eigenvalue weighted by Gasteiger charge is 2.33. The zero-order valence-electron chi connectivity index (χ0n) is 16.0. The number of ether oxygens (including phenoxy) is 1. The quantitative estimate of drug-likeness (QED) is 0.664. The molecule has 1 N–H and O–H groups in total. The molecule has 0 spiro atoms. The van der Waals surface area contributed by atoms with Gasteiger partial charge in [-0.2, -0.15) is 4.31 Å². The number of thiophene rings is 1. The first-order chi connectivity index (χ1) is 13.5. The molecule has 0 radical (unpaired) electrons. The van der Waals surface area contributed by atoms with Crippen molar-refractivity contribution < 1.29 is 17.9 Å². The van der Waals surface area contributed by atoms with Crippen molar-refractivity contribution in [1.29, 1.82) is 0 Å². The summed E-state index contributed by atoms with van der Waals surface area (Å²) in [6, 6.07) is 11.2. The normalized spacial score (nSPS) is 18.0. The first kappa shape index (κ1) is 20.8. The average molecular weight is 423 g/mol. The van der Waals surface area contributed by atoms with Crippen molar-refractivity contribution in [2.24, 2.45) is 5.92 Å². The number of piperidine rings is 1. The number of nitrogens with zero attached hydrogens (tertiary/aromatic N) is 1. The molecule has 0 saturated carbocycles. The van der Waals surface area contributed by atoms with Gasteiger partial charge in [0.25, 0.3) is 10.0 Å². The van der Waals surface area contributed by atoms with Crippen molar-refractivity contribution >= 4 is 27.3 Å². The Morgan fingerprint density at radius 1 is 1.29 bits per heavy atom. The number of benzene rings is 1. The molecule has 1 fully saturated rings. The maximum Gasteiger partial charge on any atom is 0.252 e. The highest BCUT2D eigenvalue weighted by Crippen LogP contribution is 2.26. The van der Waals surface area contributed by atoms with Gasteiger partial charge in [-0.1, -0.05) is 25.1 Å². The molecule has 1 amide bonds. The zero-order valence-corrected chi connectivity index (χ0v) is 17.6. The fourth-order valence-electron chi connectivity index (χ4n) is 3.22. The van der Waals surface area contributed by atoms with Gasteiger partial charge in [0, 0.05) is 13.1 Å². The third kappa shape index (κ3) is 5.12. The van der Waals surface area contributed by atoms with Gasteiger partial charge in [0.15, 0.2) is 0 Å². The minimum atomic E-state index is -3.50. The van der Waals surface area contributed by atoms with Crippen molar-refractivity contribution in [2.75, 3.05) is 26.2 Å². The predicted molar refractivity (Wildman–Crippen MR) is 110 cm³/mol. The van der Waals surface area contributed by atoms with E-state index in [4.69, 9.17) is 4.74 Å². The fourth-order valence-corrected chi connectivity index (χ4v) is 5.89. The third-order valence-electron chi connectivity index (χ3n) is 4.85. The van der Waals surface area contributed by atoms with E-state index < -0.39 is 10.0 Å². The topological polar surface area (TPSA) is 75.7 Å². The Bertz CT molecular complexity index is 864. The lowest BCUT2D eigenvalue weighted by Crippen LogP contribution is -2.45. The van der Waals surface area contributed by atoms with Crippen LogP contribution in [0.5, 0.6) is 5.75 Å². The van der Waals surface area contributed by atoms with Crippen LogP contribution in [0, 0.1) is 5.92 Å². The minimum absolute atomic E-state index is 0.115. The number of hydrogen-bond donors (Lipinski definition) is 1. The van der Waals surface area contributed by atoms with Crippen molar-refractivity contribution in [3.8, 4) is 5.75 Å². The van der Waals surface area contributed by atoms with Gasteiger partial charge in [-0.05, 0) is 48.4 Å². The maximum atomic E-state index is 12.7. The molecule has 152 valence electrons. The molecule has 0 bridgehead atoms. The van der Waals surface area contributed by atoms with Crippen LogP contribution in [0.3, 0.4) is 0 Å². The molecular formula is C20H26N2O4S2. The molecule has 2 heterocycles. The van der Waals surface area contributed by atoms with Gasteiger partial charge in [0.1, 0.15) is 16.6 Å². The van der Waals surface area contributed by atoms with Gasteiger partial charge >= 0.3 is 0 Å². The van der Waals surface area contributed by atoms with Crippen molar-refractivity contribution in [1.82, 2.24) is 9.62 Å². The van der Waals surface area contributed by atoms with Crippen LogP contribution < -0.4 is 10.1 Å². The Morgan fingerprint density at radius 3 is 2.75 bits per heavy atom. The van der Waals surface area contributed by atoms with E-state index in [1.54, 1.807) is 17.5 Å². The molecule has 8 heteroatoms. The number of rotatable bonds is 8. The van der Waals surface area contributed by atoms with Crippen molar-refractivity contribution in [3.05, 3.63) is 47.3 Å². The first-order valence-corrected chi connectivity index (χ1v) is 11.9. The van der Waals surface area contributed by atoms with E-state index in [-0.39, 0.29) is 18.4 Å². The zero-order chi connectivity index (χ0) is 20.0. The van der Waals surface area contributed by atoms with Gasteiger partial charge in [-0.15, -0.1) is 11.3 Å². The van der Waals surface area contributed by atoms with E-state index in [0.29, 0.717) is 36.7 Å². The summed E-state index contributed by atoms with van der Waals surface area (Å²) in [6.45, 7) is 3.55. The largest absolute Gasteiger partial charge is 0.492 e. The molecule has 0 aliphatic carbocycles. The molecule has 1 aliphatic rings. The SMILES string of the molecule is CCc1ccc(OCCNC(=O)[C@H]2CCCN(S(=O)(=O)c3cccs3)C2)cc1. The molecule has 2 aromatic rings. The lowest BCUT2D eigenvalue weighted by Gasteiger charge is -2.30. The molecular weight excluding hydrogens is 396 g/mol. The Hall–Kier alpha value is -1.90. The second kappa shape index (κ2) is 9.54. The summed E-state index contributed by atoms with van der Waals surface area (Å²) in [5.41, 5.74) is 1.25. The van der Waals surface area contributed by atoms with Crippen LogP contribution in [-0.4, -0.2) is 44.9 Å². The minimum Gasteiger partial charge on any atom is -0.492 e. The molecule has 1 atom stereocenters. The summed E-state index contributed by atoms with van der Waals surface area (Å²) in [7, 11) is -3.50. The van der Waals surface area contributed by atoms with Crippen LogP contribution in [0.2, 0.25) is 0 Å². The Labute approximate surface area is 170 Å². The highest BCUT2D eigenvalue weighted by atomic mass is 32.2. The Kier molecular flexibility index (Phi) is 7.09. The smallest absolute Gasteiger partial charge is 0.252 e. The van der Waals surface area contributed by atoms with Gasteiger partial charge in [-0.25, -0.2) is 8.42 Å². The molecule has 1 aromatic heterocycles. The van der Waals surface area contributed by atoms with Crippen molar-refractivity contribution in [3.63, 3.8) is 0 Å². The number of sulfonamides is 1. The molecule has 1 aromatic carbocycles. The molecule has 6 nitrogen and oxygen atoms in total. The summed E-state index contributed by atoms with van der Waals surface area (Å²) in [4.78, 5) is 12.5. The third-order valence-corrected chi connectivity index (χ3v) is 8.08. The average Bonchev–Trinajstić information content (AvgIpc) is 3.27. The lowest BCUT2D eigenvalue weighted by atomic mass is 9.99. The van der Waals surface area contributed by atoms with E-state index in [1.165, 1.54) is 21.2 Å². The summed E-state index contributed by atoms with van der Waals surface area (Å²) >= 11 is 1.20. The molecule has 1 aliphatic heterocycles. The van der Waals surface area contributed by atoms with Gasteiger partial charge in [-0.3, -0.25) is 4.79 Å². The standard InChI is InChI=1S/C20H26N2O4S2/c1-2-16-7-9-18(10-8-16)26-13-11-21-20(23)17-5-3-12-22(15-17)28(24,25)19-6-4-14-27-19/h4,6-10,14,17H,2-3,5,11-13,15H2,1H3,(H,21,23)/t17-/m0/s1.